The van der Waals surface area contributed by atoms with Gasteiger partial charge in [0.05, 0.1) is 6.33 Å². The molecule has 0 atom stereocenters. The fourth-order valence-corrected chi connectivity index (χ4v) is 2.03. The molecule has 1 aromatic carbocycles. The van der Waals surface area contributed by atoms with Crippen molar-refractivity contribution in [1.29, 1.82) is 0 Å². The van der Waals surface area contributed by atoms with Gasteiger partial charge in [-0.2, -0.15) is 0 Å². The molecule has 1 amide bonds. The molecular weight excluding hydrogens is 262 g/mol. The van der Waals surface area contributed by atoms with E-state index in [1.807, 2.05) is 22.9 Å². The van der Waals surface area contributed by atoms with Gasteiger partial charge < -0.3 is 4.57 Å². The van der Waals surface area contributed by atoms with E-state index in [1.165, 1.54) is 11.3 Å². The number of hydrogen-bond acceptors (Lipinski definition) is 5. The van der Waals surface area contributed by atoms with Crippen molar-refractivity contribution < 1.29 is 4.79 Å². The van der Waals surface area contributed by atoms with Crippen molar-refractivity contribution in [3.8, 4) is 5.69 Å². The molecule has 0 bridgehead atoms. The lowest BCUT2D eigenvalue weighted by molar-refractivity contribution is 0.102. The number of anilines is 1. The number of nitrogens with one attached hydrogen (secondary N) is 1. The summed E-state index contributed by atoms with van der Waals surface area (Å²) in [5.74, 6) is -0.200. The van der Waals surface area contributed by atoms with E-state index in [0.717, 1.165) is 5.69 Å². The Bertz CT molecular complexity index is 661. The molecule has 2 heterocycles. The largest absolute Gasteiger partial charge is 0.306 e. The summed E-state index contributed by atoms with van der Waals surface area (Å²) in [5.41, 5.74) is 3.08. The van der Waals surface area contributed by atoms with Gasteiger partial charge in [-0.05, 0) is 24.3 Å². The molecule has 0 spiro atoms. The quantitative estimate of drug-likeness (QED) is 0.790. The monoisotopic (exact) mass is 271 g/mol. The molecule has 1 N–H and O–H groups in total. The number of imidazole rings is 1. The highest BCUT2D eigenvalue weighted by Gasteiger charge is 2.07. The Morgan fingerprint density at radius 1 is 1.26 bits per heavy atom. The molecule has 0 radical (unpaired) electrons. The van der Waals surface area contributed by atoms with E-state index in [0.29, 0.717) is 10.7 Å². The number of aromatic nitrogens is 4. The van der Waals surface area contributed by atoms with E-state index in [2.05, 4.69) is 20.5 Å². The normalized spacial score (nSPS) is 10.3. The molecular formula is C12H9N5OS. The number of carbonyl (C=O) groups is 1. The van der Waals surface area contributed by atoms with Gasteiger partial charge in [-0.3, -0.25) is 10.1 Å². The first-order valence-electron chi connectivity index (χ1n) is 5.49. The summed E-state index contributed by atoms with van der Waals surface area (Å²) >= 11 is 1.28. The lowest BCUT2D eigenvalue weighted by atomic mass is 10.2. The molecule has 0 saturated heterocycles. The van der Waals surface area contributed by atoms with Crippen LogP contribution in [0.15, 0.2) is 48.5 Å². The average Bonchev–Trinajstić information content (AvgIpc) is 3.12. The van der Waals surface area contributed by atoms with Gasteiger partial charge in [-0.15, -0.1) is 10.2 Å². The van der Waals surface area contributed by atoms with Crippen LogP contribution in [0.25, 0.3) is 5.69 Å². The highest BCUT2D eigenvalue weighted by molar-refractivity contribution is 7.13. The zero-order valence-corrected chi connectivity index (χ0v) is 10.5. The van der Waals surface area contributed by atoms with Crippen molar-refractivity contribution >= 4 is 22.4 Å². The third-order valence-electron chi connectivity index (χ3n) is 2.51. The molecule has 0 aliphatic heterocycles. The van der Waals surface area contributed by atoms with E-state index >= 15 is 0 Å². The van der Waals surface area contributed by atoms with Crippen LogP contribution in [-0.4, -0.2) is 25.7 Å². The van der Waals surface area contributed by atoms with Crippen molar-refractivity contribution in [3.63, 3.8) is 0 Å². The van der Waals surface area contributed by atoms with E-state index in [4.69, 9.17) is 0 Å². The predicted octanol–water partition coefficient (Wildman–Crippen LogP) is 1.98. The van der Waals surface area contributed by atoms with Gasteiger partial charge in [0.25, 0.3) is 5.91 Å². The summed E-state index contributed by atoms with van der Waals surface area (Å²) in [6.07, 6.45) is 5.25. The van der Waals surface area contributed by atoms with E-state index in [1.54, 1.807) is 30.2 Å². The second kappa shape index (κ2) is 4.99. The zero-order chi connectivity index (χ0) is 13.1. The number of carbonyl (C=O) groups excluding carboxylic acids is 1. The Hall–Kier alpha value is -2.54. The molecule has 0 saturated carbocycles. The van der Waals surface area contributed by atoms with Gasteiger partial charge in [0.2, 0.25) is 5.13 Å². The minimum atomic E-state index is -0.200. The van der Waals surface area contributed by atoms with Crippen LogP contribution in [-0.2, 0) is 0 Å². The van der Waals surface area contributed by atoms with Crippen molar-refractivity contribution in [2.24, 2.45) is 0 Å². The van der Waals surface area contributed by atoms with Crippen LogP contribution in [0.3, 0.4) is 0 Å². The van der Waals surface area contributed by atoms with Crippen molar-refractivity contribution in [3.05, 3.63) is 54.1 Å². The van der Waals surface area contributed by atoms with Gasteiger partial charge in [-0.25, -0.2) is 4.98 Å². The molecule has 0 fully saturated rings. The van der Waals surface area contributed by atoms with E-state index in [9.17, 15) is 4.79 Å². The molecule has 3 rings (SSSR count). The molecule has 0 unspecified atom stereocenters. The SMILES string of the molecule is O=C(Nc1nncs1)c1ccc(-n2ccnc2)cc1. The maximum atomic E-state index is 11.9. The van der Waals surface area contributed by atoms with E-state index in [-0.39, 0.29) is 5.91 Å². The van der Waals surface area contributed by atoms with Crippen LogP contribution in [0.2, 0.25) is 0 Å². The topological polar surface area (TPSA) is 72.7 Å². The molecule has 0 aliphatic carbocycles. The fourth-order valence-electron chi connectivity index (χ4n) is 1.59. The lowest BCUT2D eigenvalue weighted by Gasteiger charge is -2.04. The number of hydrogen-bond donors (Lipinski definition) is 1. The Balaban J connectivity index is 1.77. The van der Waals surface area contributed by atoms with Crippen LogP contribution in [0.1, 0.15) is 10.4 Å². The van der Waals surface area contributed by atoms with Crippen molar-refractivity contribution in [1.82, 2.24) is 19.7 Å². The van der Waals surface area contributed by atoms with Gasteiger partial charge in [0.1, 0.15) is 5.51 Å². The van der Waals surface area contributed by atoms with Gasteiger partial charge >= 0.3 is 0 Å². The third-order valence-corrected chi connectivity index (χ3v) is 3.12. The smallest absolute Gasteiger partial charge is 0.257 e. The van der Waals surface area contributed by atoms with Crippen LogP contribution in [0.4, 0.5) is 5.13 Å². The molecule has 94 valence electrons. The Kier molecular flexibility index (Phi) is 3.03. The summed E-state index contributed by atoms with van der Waals surface area (Å²) in [6.45, 7) is 0. The summed E-state index contributed by atoms with van der Waals surface area (Å²) < 4.78 is 1.87. The number of benzene rings is 1. The van der Waals surface area contributed by atoms with Crippen molar-refractivity contribution in [2.45, 2.75) is 0 Å². The minimum Gasteiger partial charge on any atom is -0.306 e. The summed E-state index contributed by atoms with van der Waals surface area (Å²) in [6, 6.07) is 7.23. The second-order valence-electron chi connectivity index (χ2n) is 3.71. The van der Waals surface area contributed by atoms with Gasteiger partial charge in [-0.1, -0.05) is 11.3 Å². The summed E-state index contributed by atoms with van der Waals surface area (Å²) in [4.78, 5) is 15.9. The zero-order valence-electron chi connectivity index (χ0n) is 9.72. The molecule has 6 nitrogen and oxygen atoms in total. The fraction of sp³-hybridized carbons (Fsp3) is 0. The number of nitrogens with zero attached hydrogens (tertiary/aromatic N) is 4. The molecule has 7 heteroatoms. The Morgan fingerprint density at radius 3 is 2.74 bits per heavy atom. The number of rotatable bonds is 3. The summed E-state index contributed by atoms with van der Waals surface area (Å²) in [5, 5.41) is 10.6. The standard InChI is InChI=1S/C12H9N5OS/c18-11(15-12-16-14-8-19-12)9-1-3-10(4-2-9)17-6-5-13-7-17/h1-8H,(H,15,16,18). The second-order valence-corrected chi connectivity index (χ2v) is 4.55. The van der Waals surface area contributed by atoms with Crippen LogP contribution >= 0.6 is 11.3 Å². The Labute approximate surface area is 112 Å². The van der Waals surface area contributed by atoms with Crippen LogP contribution in [0, 0.1) is 0 Å². The first kappa shape index (κ1) is 11.5. The number of amides is 1. The molecule has 0 aliphatic rings. The third kappa shape index (κ3) is 2.50. The van der Waals surface area contributed by atoms with Gasteiger partial charge in [0, 0.05) is 23.6 Å². The maximum absolute atomic E-state index is 11.9. The molecule has 2 aromatic heterocycles. The van der Waals surface area contributed by atoms with Crippen molar-refractivity contribution in [2.75, 3.05) is 5.32 Å². The first-order valence-corrected chi connectivity index (χ1v) is 6.37. The predicted molar refractivity (Wildman–Crippen MR) is 71.4 cm³/mol. The highest BCUT2D eigenvalue weighted by atomic mass is 32.1. The molecule has 19 heavy (non-hydrogen) atoms. The van der Waals surface area contributed by atoms with Gasteiger partial charge in [0.15, 0.2) is 0 Å². The van der Waals surface area contributed by atoms with Crippen LogP contribution < -0.4 is 5.32 Å². The maximum Gasteiger partial charge on any atom is 0.257 e. The first-order chi connectivity index (χ1) is 9.33. The van der Waals surface area contributed by atoms with E-state index < -0.39 is 0 Å². The van der Waals surface area contributed by atoms with Crippen LogP contribution in [0.5, 0.6) is 0 Å². The minimum absolute atomic E-state index is 0.200. The lowest BCUT2D eigenvalue weighted by Crippen LogP contribution is -2.11. The Morgan fingerprint density at radius 2 is 2.11 bits per heavy atom. The molecule has 3 aromatic rings. The highest BCUT2D eigenvalue weighted by Crippen LogP contribution is 2.13. The average molecular weight is 271 g/mol. The summed E-state index contributed by atoms with van der Waals surface area (Å²) in [7, 11) is 0.